The van der Waals surface area contributed by atoms with Crippen LogP contribution in [0.15, 0.2) is 0 Å². The van der Waals surface area contributed by atoms with E-state index in [1.165, 1.54) is 0 Å². The van der Waals surface area contributed by atoms with Crippen molar-refractivity contribution < 1.29 is 4.84 Å². The summed E-state index contributed by atoms with van der Waals surface area (Å²) >= 11 is 0. The first-order valence-electron chi connectivity index (χ1n) is 4.15. The predicted octanol–water partition coefficient (Wildman–Crippen LogP) is -0.139. The minimum Gasteiger partial charge on any atom is -0.304 e. The molecular weight excluding hydrogens is 170 g/mol. The van der Waals surface area contributed by atoms with Crippen molar-refractivity contribution in [2.75, 3.05) is 6.61 Å². The van der Waals surface area contributed by atoms with Crippen LogP contribution in [0.3, 0.4) is 0 Å². The van der Waals surface area contributed by atoms with E-state index in [2.05, 4.69) is 20.2 Å². The van der Waals surface area contributed by atoms with Crippen LogP contribution >= 0.6 is 0 Å². The molecule has 2 N–H and O–H groups in total. The highest BCUT2D eigenvalue weighted by atomic mass is 16.6. The van der Waals surface area contributed by atoms with Crippen molar-refractivity contribution >= 4 is 0 Å². The van der Waals surface area contributed by atoms with Gasteiger partial charge in [0.05, 0.1) is 12.1 Å². The fraction of sp³-hybridized carbons (Fsp3) is 0.857. The molecule has 0 aliphatic heterocycles. The van der Waals surface area contributed by atoms with E-state index in [1.807, 2.05) is 20.8 Å². The maximum atomic E-state index is 4.89. The predicted molar refractivity (Wildman–Crippen MR) is 46.7 cm³/mol. The summed E-state index contributed by atoms with van der Waals surface area (Å²) < 4.78 is 0. The molecule has 1 heterocycles. The molecule has 0 aliphatic carbocycles. The molecule has 0 bridgehead atoms. The Balaban J connectivity index is 2.64. The molecule has 1 aromatic heterocycles. The zero-order chi connectivity index (χ0) is 9.90. The molecule has 0 amide bonds. The molecule has 0 saturated heterocycles. The maximum absolute atomic E-state index is 4.89. The SMILES string of the molecule is CC(C)(C)n1nnc(CCON)n1. The van der Waals surface area contributed by atoms with Gasteiger partial charge in [-0.3, -0.25) is 0 Å². The summed E-state index contributed by atoms with van der Waals surface area (Å²) in [5.41, 5.74) is -0.130. The molecule has 13 heavy (non-hydrogen) atoms. The molecule has 6 heteroatoms. The molecule has 0 unspecified atom stereocenters. The largest absolute Gasteiger partial charge is 0.304 e. The van der Waals surface area contributed by atoms with E-state index in [0.717, 1.165) is 0 Å². The third-order valence-corrected chi connectivity index (χ3v) is 1.50. The normalized spacial score (nSPS) is 12.0. The lowest BCUT2D eigenvalue weighted by Gasteiger charge is -2.15. The van der Waals surface area contributed by atoms with E-state index in [0.29, 0.717) is 18.9 Å². The number of tetrazole rings is 1. The molecule has 1 rings (SSSR count). The average Bonchev–Trinajstić information content (AvgIpc) is 2.47. The van der Waals surface area contributed by atoms with Crippen molar-refractivity contribution in [1.82, 2.24) is 20.2 Å². The Morgan fingerprint density at radius 3 is 2.62 bits per heavy atom. The molecular formula is C7H15N5O. The molecule has 0 saturated carbocycles. The summed E-state index contributed by atoms with van der Waals surface area (Å²) in [5, 5.41) is 12.0. The first-order chi connectivity index (χ1) is 6.04. The van der Waals surface area contributed by atoms with E-state index < -0.39 is 0 Å². The van der Waals surface area contributed by atoms with Gasteiger partial charge in [0.2, 0.25) is 0 Å². The van der Waals surface area contributed by atoms with Crippen molar-refractivity contribution in [2.24, 2.45) is 5.90 Å². The van der Waals surface area contributed by atoms with Gasteiger partial charge in [-0.1, -0.05) is 0 Å². The van der Waals surface area contributed by atoms with Gasteiger partial charge >= 0.3 is 0 Å². The summed E-state index contributed by atoms with van der Waals surface area (Å²) in [5.74, 6) is 5.54. The van der Waals surface area contributed by atoms with Gasteiger partial charge in [0.25, 0.3) is 0 Å². The van der Waals surface area contributed by atoms with Gasteiger partial charge in [0.1, 0.15) is 0 Å². The summed E-state index contributed by atoms with van der Waals surface area (Å²) in [6.07, 6.45) is 0.590. The monoisotopic (exact) mass is 185 g/mol. The second-order valence-electron chi connectivity index (χ2n) is 3.79. The van der Waals surface area contributed by atoms with Gasteiger partial charge in [-0.15, -0.1) is 10.2 Å². The van der Waals surface area contributed by atoms with Crippen LogP contribution in [0.2, 0.25) is 0 Å². The van der Waals surface area contributed by atoms with Crippen LogP contribution in [0.25, 0.3) is 0 Å². The van der Waals surface area contributed by atoms with Crippen molar-refractivity contribution in [3.63, 3.8) is 0 Å². The average molecular weight is 185 g/mol. The van der Waals surface area contributed by atoms with Gasteiger partial charge in [-0.05, 0) is 26.0 Å². The highest BCUT2D eigenvalue weighted by Crippen LogP contribution is 2.08. The highest BCUT2D eigenvalue weighted by molar-refractivity contribution is 4.78. The third-order valence-electron chi connectivity index (χ3n) is 1.50. The summed E-state index contributed by atoms with van der Waals surface area (Å²) in [4.78, 5) is 6.01. The van der Waals surface area contributed by atoms with Gasteiger partial charge in [-0.2, -0.15) is 4.80 Å². The van der Waals surface area contributed by atoms with E-state index in [1.54, 1.807) is 4.80 Å². The van der Waals surface area contributed by atoms with Crippen LogP contribution in [-0.2, 0) is 16.8 Å². The summed E-state index contributed by atoms with van der Waals surface area (Å²) in [7, 11) is 0. The molecule has 0 aromatic carbocycles. The van der Waals surface area contributed by atoms with Crippen molar-refractivity contribution in [1.29, 1.82) is 0 Å². The Morgan fingerprint density at radius 1 is 1.46 bits per heavy atom. The lowest BCUT2D eigenvalue weighted by molar-refractivity contribution is 0.139. The fourth-order valence-electron chi connectivity index (χ4n) is 0.778. The fourth-order valence-corrected chi connectivity index (χ4v) is 0.778. The van der Waals surface area contributed by atoms with Crippen LogP contribution in [0.4, 0.5) is 0 Å². The lowest BCUT2D eigenvalue weighted by Crippen LogP contribution is -2.24. The number of nitrogens with two attached hydrogens (primary N) is 1. The van der Waals surface area contributed by atoms with Crippen LogP contribution in [-0.4, -0.2) is 26.8 Å². The highest BCUT2D eigenvalue weighted by Gasteiger charge is 2.16. The van der Waals surface area contributed by atoms with Gasteiger partial charge in [-0.25, -0.2) is 5.90 Å². The van der Waals surface area contributed by atoms with Crippen LogP contribution in [0, 0.1) is 0 Å². The smallest absolute Gasteiger partial charge is 0.177 e. The van der Waals surface area contributed by atoms with Crippen LogP contribution in [0.1, 0.15) is 26.6 Å². The van der Waals surface area contributed by atoms with Crippen LogP contribution < -0.4 is 5.90 Å². The molecule has 0 fully saturated rings. The maximum Gasteiger partial charge on any atom is 0.177 e. The Bertz CT molecular complexity index is 264. The number of aromatic nitrogens is 4. The molecule has 1 aromatic rings. The van der Waals surface area contributed by atoms with E-state index in [9.17, 15) is 0 Å². The lowest BCUT2D eigenvalue weighted by atomic mass is 10.1. The first-order valence-corrected chi connectivity index (χ1v) is 4.15. The third kappa shape index (κ3) is 2.74. The quantitative estimate of drug-likeness (QED) is 0.663. The molecule has 0 spiro atoms. The van der Waals surface area contributed by atoms with Gasteiger partial charge in [0, 0.05) is 6.42 Å². The zero-order valence-corrected chi connectivity index (χ0v) is 8.19. The van der Waals surface area contributed by atoms with E-state index in [-0.39, 0.29) is 5.54 Å². The number of hydrogen-bond acceptors (Lipinski definition) is 5. The molecule has 74 valence electrons. The molecule has 0 atom stereocenters. The minimum absolute atomic E-state index is 0.130. The molecule has 0 aliphatic rings. The Labute approximate surface area is 77.0 Å². The number of nitrogens with zero attached hydrogens (tertiary/aromatic N) is 4. The minimum atomic E-state index is -0.130. The first kappa shape index (κ1) is 10.1. The summed E-state index contributed by atoms with van der Waals surface area (Å²) in [6.45, 7) is 6.45. The van der Waals surface area contributed by atoms with Crippen LogP contribution in [0.5, 0.6) is 0 Å². The van der Waals surface area contributed by atoms with Crippen molar-refractivity contribution in [3.8, 4) is 0 Å². The topological polar surface area (TPSA) is 78.8 Å². The second kappa shape index (κ2) is 3.80. The number of rotatable bonds is 3. The summed E-state index contributed by atoms with van der Waals surface area (Å²) in [6, 6.07) is 0. The van der Waals surface area contributed by atoms with Crippen molar-refractivity contribution in [2.45, 2.75) is 32.7 Å². The Kier molecular flexibility index (Phi) is 2.94. The number of hydrogen-bond donors (Lipinski definition) is 1. The molecule has 0 radical (unpaired) electrons. The van der Waals surface area contributed by atoms with E-state index >= 15 is 0 Å². The van der Waals surface area contributed by atoms with Crippen molar-refractivity contribution in [3.05, 3.63) is 5.82 Å². The zero-order valence-electron chi connectivity index (χ0n) is 8.19. The Hall–Kier alpha value is -1.01. The van der Waals surface area contributed by atoms with Gasteiger partial charge in [0.15, 0.2) is 5.82 Å². The Morgan fingerprint density at radius 2 is 2.15 bits per heavy atom. The standard InChI is InChI=1S/C7H15N5O/c1-7(2,3)12-10-6(9-11-12)4-5-13-8/h4-5,8H2,1-3H3. The van der Waals surface area contributed by atoms with Gasteiger partial charge < -0.3 is 4.84 Å². The second-order valence-corrected chi connectivity index (χ2v) is 3.79. The molecule has 6 nitrogen and oxygen atoms in total. The van der Waals surface area contributed by atoms with E-state index in [4.69, 9.17) is 5.90 Å².